The molecule has 10 heteroatoms. The Kier molecular flexibility index (Phi) is 5.63. The molecule has 1 aromatic carbocycles. The van der Waals surface area contributed by atoms with E-state index in [1.54, 1.807) is 0 Å². The van der Waals surface area contributed by atoms with E-state index in [9.17, 15) is 22.8 Å². The van der Waals surface area contributed by atoms with Crippen molar-refractivity contribution in [1.29, 1.82) is 0 Å². The van der Waals surface area contributed by atoms with Gasteiger partial charge in [-0.25, -0.2) is 0 Å². The molecule has 3 aliphatic rings. The average Bonchev–Trinajstić information content (AvgIpc) is 3.22. The second-order valence-electron chi connectivity index (χ2n) is 9.37. The largest absolute Gasteiger partial charge is 0.416 e. The van der Waals surface area contributed by atoms with E-state index in [1.165, 1.54) is 18.6 Å². The molecular weight excluding hydrogens is 441 g/mol. The third-order valence-electron chi connectivity index (χ3n) is 7.39. The molecule has 1 aliphatic heterocycles. The fraction of sp³-hybridized carbons (Fsp3) is 0.545. The first-order chi connectivity index (χ1) is 14.9. The number of carbonyl (C=O) groups is 2. The Bertz CT molecular complexity index is 1020. The maximum Gasteiger partial charge on any atom is 0.416 e. The number of hydrogen-bond acceptors (Lipinski definition) is 5. The Morgan fingerprint density at radius 3 is 2.66 bits per heavy atom. The molecular formula is C22H25F3N4O2S. The molecule has 1 aromatic rings. The third-order valence-corrected chi connectivity index (χ3v) is 8.47. The van der Waals surface area contributed by atoms with Crippen LogP contribution < -0.4 is 10.6 Å². The number of benzene rings is 1. The lowest BCUT2D eigenvalue weighted by Crippen LogP contribution is -2.32. The molecule has 6 nitrogen and oxygen atoms in total. The van der Waals surface area contributed by atoms with Crippen LogP contribution in [0.1, 0.15) is 52.0 Å². The van der Waals surface area contributed by atoms with Crippen molar-refractivity contribution < 1.29 is 22.8 Å². The highest BCUT2D eigenvalue weighted by Crippen LogP contribution is 2.64. The Morgan fingerprint density at radius 1 is 1.28 bits per heavy atom. The van der Waals surface area contributed by atoms with Gasteiger partial charge in [-0.05, 0) is 48.8 Å². The molecule has 2 aliphatic carbocycles. The van der Waals surface area contributed by atoms with E-state index in [2.05, 4.69) is 41.6 Å². The second kappa shape index (κ2) is 7.90. The first-order valence-electron chi connectivity index (χ1n) is 10.5. The van der Waals surface area contributed by atoms with Crippen molar-refractivity contribution in [3.05, 3.63) is 29.8 Å². The number of carbonyl (C=O) groups excluding carboxylic acids is 2. The van der Waals surface area contributed by atoms with E-state index in [0.717, 1.165) is 42.4 Å². The number of nitrogens with zero attached hydrogens (tertiary/aromatic N) is 2. The average molecular weight is 467 g/mol. The van der Waals surface area contributed by atoms with Crippen LogP contribution in [0.5, 0.6) is 0 Å². The number of amides is 2. The molecule has 4 rings (SSSR count). The summed E-state index contributed by atoms with van der Waals surface area (Å²) in [5.41, 5.74) is 0.392. The summed E-state index contributed by atoms with van der Waals surface area (Å²) in [5.74, 6) is -0.330. The summed E-state index contributed by atoms with van der Waals surface area (Å²) in [6.07, 6.45) is -1.52. The highest BCUT2D eigenvalue weighted by atomic mass is 32.2. The Labute approximate surface area is 188 Å². The van der Waals surface area contributed by atoms with Crippen molar-refractivity contribution in [2.45, 2.75) is 57.9 Å². The van der Waals surface area contributed by atoms with Gasteiger partial charge in [0, 0.05) is 23.2 Å². The van der Waals surface area contributed by atoms with Crippen molar-refractivity contribution in [1.82, 2.24) is 5.32 Å². The zero-order valence-electron chi connectivity index (χ0n) is 18.0. The molecule has 0 aromatic heterocycles. The van der Waals surface area contributed by atoms with E-state index in [0.29, 0.717) is 11.1 Å². The lowest BCUT2D eigenvalue weighted by molar-refractivity contribution is -0.137. The molecule has 3 fully saturated rings. The van der Waals surface area contributed by atoms with Crippen molar-refractivity contribution in [3.8, 4) is 0 Å². The summed E-state index contributed by atoms with van der Waals surface area (Å²) in [7, 11) is 0. The van der Waals surface area contributed by atoms with Crippen LogP contribution in [0.25, 0.3) is 0 Å². The Morgan fingerprint density at radius 2 is 2.03 bits per heavy atom. The number of anilines is 1. The highest BCUT2D eigenvalue weighted by Gasteiger charge is 2.60. The van der Waals surface area contributed by atoms with E-state index in [-0.39, 0.29) is 28.8 Å². The molecule has 0 radical (unpaired) electrons. The first-order valence-corrected chi connectivity index (χ1v) is 11.4. The van der Waals surface area contributed by atoms with E-state index in [4.69, 9.17) is 0 Å². The Hall–Kier alpha value is -2.36. The zero-order chi connectivity index (χ0) is 23.3. The second-order valence-corrected chi connectivity index (χ2v) is 10.6. The van der Waals surface area contributed by atoms with Gasteiger partial charge in [-0.3, -0.25) is 9.59 Å². The van der Waals surface area contributed by atoms with Crippen molar-refractivity contribution >= 4 is 40.1 Å². The summed E-state index contributed by atoms with van der Waals surface area (Å²) < 4.78 is 38.5. The van der Waals surface area contributed by atoms with Crippen LogP contribution in [0.2, 0.25) is 0 Å². The predicted molar refractivity (Wildman–Crippen MR) is 118 cm³/mol. The molecule has 172 valence electrons. The molecule has 32 heavy (non-hydrogen) atoms. The number of amidine groups is 1. The highest BCUT2D eigenvalue weighted by molar-refractivity contribution is 8.15. The standard InChI is InChI=1S/C22H25F3N4O2S/c1-20(2)12-7-8-21(20,3)16(10-12)28-29-19-27-18(31)15(32-19)11-17(30)26-14-6-4-5-13(9-14)22(23,24)25/h4-6,9,12,15H,7-8,10-11H2,1-3H3,(H,26,30)(H,27,29,31). The number of thioether (sulfide) groups is 1. The van der Waals surface area contributed by atoms with Crippen LogP contribution in [-0.4, -0.2) is 27.9 Å². The fourth-order valence-corrected chi connectivity index (χ4v) is 5.84. The first kappa shape index (κ1) is 22.8. The summed E-state index contributed by atoms with van der Waals surface area (Å²) in [4.78, 5) is 24.6. The molecule has 3 unspecified atom stereocenters. The molecule has 2 amide bonds. The monoisotopic (exact) mass is 466 g/mol. The van der Waals surface area contributed by atoms with Crippen molar-refractivity contribution in [3.63, 3.8) is 0 Å². The minimum absolute atomic E-state index is 0.000748. The smallest absolute Gasteiger partial charge is 0.326 e. The van der Waals surface area contributed by atoms with Crippen LogP contribution in [0, 0.1) is 16.7 Å². The molecule has 2 bridgehead atoms. The number of nitrogens with one attached hydrogen (secondary N) is 2. The summed E-state index contributed by atoms with van der Waals surface area (Å²) >= 11 is 1.11. The maximum atomic E-state index is 12.8. The number of alkyl halides is 3. The summed E-state index contributed by atoms with van der Waals surface area (Å²) in [5, 5.41) is 13.4. The van der Waals surface area contributed by atoms with Crippen molar-refractivity contribution in [2.24, 2.45) is 27.0 Å². The normalized spacial score (nSPS) is 31.4. The van der Waals surface area contributed by atoms with Gasteiger partial charge in [0.2, 0.25) is 11.8 Å². The lowest BCUT2D eigenvalue weighted by Gasteiger charge is -2.34. The van der Waals surface area contributed by atoms with Crippen LogP contribution in [0.3, 0.4) is 0 Å². The van der Waals surface area contributed by atoms with Gasteiger partial charge in [0.1, 0.15) is 5.25 Å². The molecule has 2 saturated carbocycles. The van der Waals surface area contributed by atoms with Crippen LogP contribution in [0.4, 0.5) is 18.9 Å². The van der Waals surface area contributed by atoms with Gasteiger partial charge in [-0.2, -0.15) is 18.3 Å². The van der Waals surface area contributed by atoms with Gasteiger partial charge in [-0.1, -0.05) is 38.6 Å². The fourth-order valence-electron chi connectivity index (χ4n) is 4.93. The minimum Gasteiger partial charge on any atom is -0.326 e. The van der Waals surface area contributed by atoms with Crippen molar-refractivity contribution in [2.75, 3.05) is 5.32 Å². The zero-order valence-corrected chi connectivity index (χ0v) is 18.9. The minimum atomic E-state index is -4.50. The van der Waals surface area contributed by atoms with Gasteiger partial charge in [0.15, 0.2) is 5.17 Å². The Balaban J connectivity index is 1.38. The number of halogens is 3. The van der Waals surface area contributed by atoms with E-state index in [1.807, 2.05) is 0 Å². The quantitative estimate of drug-likeness (QED) is 0.624. The van der Waals surface area contributed by atoms with Gasteiger partial charge < -0.3 is 10.6 Å². The van der Waals surface area contributed by atoms with Crippen LogP contribution in [-0.2, 0) is 15.8 Å². The van der Waals surface area contributed by atoms with E-state index < -0.39 is 22.9 Å². The van der Waals surface area contributed by atoms with Crippen LogP contribution >= 0.6 is 11.8 Å². The van der Waals surface area contributed by atoms with Gasteiger partial charge >= 0.3 is 6.18 Å². The predicted octanol–water partition coefficient (Wildman–Crippen LogP) is 4.82. The number of hydrogen-bond donors (Lipinski definition) is 2. The van der Waals surface area contributed by atoms with E-state index >= 15 is 0 Å². The SMILES string of the molecule is CC12CCC(CC1=N/N=C1\NC(=O)C(CC(=O)Nc3cccc(C(F)(F)F)c3)S1)C2(C)C. The van der Waals surface area contributed by atoms with Gasteiger partial charge in [0.05, 0.1) is 5.56 Å². The molecule has 0 spiro atoms. The topological polar surface area (TPSA) is 82.9 Å². The summed E-state index contributed by atoms with van der Waals surface area (Å²) in [6, 6.07) is 4.38. The maximum absolute atomic E-state index is 12.8. The lowest BCUT2D eigenvalue weighted by atomic mass is 9.70. The number of rotatable bonds is 4. The molecule has 1 saturated heterocycles. The molecule has 1 heterocycles. The van der Waals surface area contributed by atoms with Crippen LogP contribution in [0.15, 0.2) is 34.5 Å². The third kappa shape index (κ3) is 4.04. The van der Waals surface area contributed by atoms with Gasteiger partial charge in [-0.15, -0.1) is 5.10 Å². The van der Waals surface area contributed by atoms with Gasteiger partial charge in [0.25, 0.3) is 0 Å². The number of fused-ring (bicyclic) bond motifs is 2. The molecule has 2 N–H and O–H groups in total. The summed E-state index contributed by atoms with van der Waals surface area (Å²) in [6.45, 7) is 6.76. The molecule has 3 atom stereocenters.